The molecular formula is C14H21BrN2O4S. The van der Waals surface area contributed by atoms with Crippen LogP contribution >= 0.6 is 15.9 Å². The lowest BCUT2D eigenvalue weighted by molar-refractivity contribution is 0.244. The molecule has 1 aromatic carbocycles. The van der Waals surface area contributed by atoms with Gasteiger partial charge < -0.3 is 14.8 Å². The number of hydrogen-bond acceptors (Lipinski definition) is 5. The third-order valence-corrected chi connectivity index (χ3v) is 6.67. The van der Waals surface area contributed by atoms with Crippen molar-refractivity contribution in [2.24, 2.45) is 0 Å². The van der Waals surface area contributed by atoms with Crippen LogP contribution in [0.3, 0.4) is 0 Å². The maximum Gasteiger partial charge on any atom is 0.244 e. The molecule has 0 radical (unpaired) electrons. The molecule has 1 aliphatic rings. The molecule has 1 N–H and O–H groups in total. The van der Waals surface area contributed by atoms with Crippen molar-refractivity contribution in [3.05, 3.63) is 16.6 Å². The second-order valence-electron chi connectivity index (χ2n) is 5.37. The molecule has 1 heterocycles. The Hall–Kier alpha value is -0.830. The molecule has 2 unspecified atom stereocenters. The van der Waals surface area contributed by atoms with E-state index in [-0.39, 0.29) is 17.0 Å². The summed E-state index contributed by atoms with van der Waals surface area (Å²) < 4.78 is 38.4. The molecule has 0 bridgehead atoms. The monoisotopic (exact) mass is 392 g/mol. The van der Waals surface area contributed by atoms with Gasteiger partial charge >= 0.3 is 0 Å². The lowest BCUT2D eigenvalue weighted by Gasteiger charge is -2.36. The number of rotatable bonds is 4. The Morgan fingerprint density at radius 2 is 1.82 bits per heavy atom. The number of hydrogen-bond donors (Lipinski definition) is 1. The predicted molar refractivity (Wildman–Crippen MR) is 88.1 cm³/mol. The van der Waals surface area contributed by atoms with E-state index in [9.17, 15) is 8.42 Å². The number of ether oxygens (including phenoxy) is 2. The van der Waals surface area contributed by atoms with Crippen LogP contribution in [-0.4, -0.2) is 52.1 Å². The third-order valence-electron chi connectivity index (χ3n) is 3.73. The first-order chi connectivity index (χ1) is 10.3. The summed E-state index contributed by atoms with van der Waals surface area (Å²) in [5, 5.41) is 3.28. The van der Waals surface area contributed by atoms with Crippen LogP contribution in [0.25, 0.3) is 0 Å². The molecule has 2 atom stereocenters. The zero-order valence-corrected chi connectivity index (χ0v) is 15.5. The van der Waals surface area contributed by atoms with Gasteiger partial charge in [0.25, 0.3) is 0 Å². The van der Waals surface area contributed by atoms with Crippen molar-refractivity contribution < 1.29 is 17.9 Å². The van der Waals surface area contributed by atoms with Gasteiger partial charge in [-0.15, -0.1) is 0 Å². The van der Waals surface area contributed by atoms with E-state index in [1.165, 1.54) is 24.6 Å². The van der Waals surface area contributed by atoms with Gasteiger partial charge in [-0.1, -0.05) is 0 Å². The zero-order valence-electron chi connectivity index (χ0n) is 13.1. The Balaban J connectivity index is 2.49. The van der Waals surface area contributed by atoms with Gasteiger partial charge in [-0.2, -0.15) is 4.31 Å². The van der Waals surface area contributed by atoms with E-state index in [1.54, 1.807) is 6.07 Å². The Labute approximate surface area is 140 Å². The number of halogens is 1. The van der Waals surface area contributed by atoms with E-state index in [2.05, 4.69) is 21.2 Å². The first-order valence-electron chi connectivity index (χ1n) is 6.98. The summed E-state index contributed by atoms with van der Waals surface area (Å²) in [6, 6.07) is 3.12. The second kappa shape index (κ2) is 6.74. The van der Waals surface area contributed by atoms with Gasteiger partial charge in [-0.25, -0.2) is 8.42 Å². The lowest BCUT2D eigenvalue weighted by atomic mass is 10.2. The van der Waals surface area contributed by atoms with Crippen molar-refractivity contribution in [1.29, 1.82) is 0 Å². The Morgan fingerprint density at radius 3 is 2.41 bits per heavy atom. The van der Waals surface area contributed by atoms with E-state index in [1.807, 2.05) is 13.8 Å². The van der Waals surface area contributed by atoms with Crippen molar-refractivity contribution in [1.82, 2.24) is 9.62 Å². The topological polar surface area (TPSA) is 67.9 Å². The van der Waals surface area contributed by atoms with Crippen LogP contribution < -0.4 is 14.8 Å². The number of benzene rings is 1. The molecule has 1 aliphatic heterocycles. The van der Waals surface area contributed by atoms with E-state index in [0.717, 1.165) is 0 Å². The quantitative estimate of drug-likeness (QED) is 0.846. The summed E-state index contributed by atoms with van der Waals surface area (Å²) in [7, 11) is -0.625. The zero-order chi connectivity index (χ0) is 16.5. The van der Waals surface area contributed by atoms with Crippen LogP contribution in [-0.2, 0) is 10.0 Å². The lowest BCUT2D eigenvalue weighted by Crippen LogP contribution is -2.56. The van der Waals surface area contributed by atoms with Gasteiger partial charge in [0.05, 0.1) is 14.2 Å². The van der Waals surface area contributed by atoms with Crippen molar-refractivity contribution in [3.8, 4) is 11.5 Å². The van der Waals surface area contributed by atoms with E-state index < -0.39 is 10.0 Å². The molecule has 0 amide bonds. The summed E-state index contributed by atoms with van der Waals surface area (Å²) in [4.78, 5) is 0.186. The molecule has 0 spiro atoms. The van der Waals surface area contributed by atoms with Crippen molar-refractivity contribution in [2.45, 2.75) is 30.8 Å². The van der Waals surface area contributed by atoms with Crippen molar-refractivity contribution in [2.75, 3.05) is 27.3 Å². The van der Waals surface area contributed by atoms with Crippen LogP contribution in [0.2, 0.25) is 0 Å². The largest absolute Gasteiger partial charge is 0.493 e. The Morgan fingerprint density at radius 1 is 1.23 bits per heavy atom. The SMILES string of the molecule is COc1cc(Br)c(S(=O)(=O)N2CC(C)NCC2C)cc1OC. The highest BCUT2D eigenvalue weighted by Crippen LogP contribution is 2.37. The predicted octanol–water partition coefficient (Wildman–Crippen LogP) is 1.84. The van der Waals surface area contributed by atoms with Gasteiger partial charge in [0.15, 0.2) is 11.5 Å². The van der Waals surface area contributed by atoms with Crippen LogP contribution in [0.1, 0.15) is 13.8 Å². The van der Waals surface area contributed by atoms with Crippen LogP contribution in [0.15, 0.2) is 21.5 Å². The van der Waals surface area contributed by atoms with Crippen LogP contribution in [0.4, 0.5) is 0 Å². The average Bonchev–Trinajstić information content (AvgIpc) is 2.48. The molecule has 2 rings (SSSR count). The highest BCUT2D eigenvalue weighted by Gasteiger charge is 2.35. The molecule has 6 nitrogen and oxygen atoms in total. The number of sulfonamides is 1. The summed E-state index contributed by atoms with van der Waals surface area (Å²) in [5.74, 6) is 0.871. The van der Waals surface area contributed by atoms with Gasteiger partial charge in [0.1, 0.15) is 4.90 Å². The minimum absolute atomic E-state index is 0.110. The summed E-state index contributed by atoms with van der Waals surface area (Å²) in [6.07, 6.45) is 0. The normalized spacial score (nSPS) is 23.3. The first kappa shape index (κ1) is 17.5. The number of nitrogens with zero attached hydrogens (tertiary/aromatic N) is 1. The number of piperazine rings is 1. The smallest absolute Gasteiger partial charge is 0.244 e. The fourth-order valence-electron chi connectivity index (χ4n) is 2.48. The van der Waals surface area contributed by atoms with E-state index in [4.69, 9.17) is 9.47 Å². The molecule has 22 heavy (non-hydrogen) atoms. The van der Waals surface area contributed by atoms with Crippen molar-refractivity contribution >= 4 is 26.0 Å². The minimum Gasteiger partial charge on any atom is -0.493 e. The second-order valence-corrected chi connectivity index (χ2v) is 8.08. The molecule has 1 aromatic rings. The molecule has 0 aromatic heterocycles. The van der Waals surface area contributed by atoms with Gasteiger partial charge in [0, 0.05) is 35.7 Å². The summed E-state index contributed by atoms with van der Waals surface area (Å²) >= 11 is 3.33. The van der Waals surface area contributed by atoms with Crippen molar-refractivity contribution in [3.63, 3.8) is 0 Å². The van der Waals surface area contributed by atoms with Crippen LogP contribution in [0, 0.1) is 0 Å². The standard InChI is InChI=1S/C14H21BrN2O4S/c1-9-8-17(10(2)7-16-9)22(18,19)14-6-13(21-4)12(20-3)5-11(14)15/h5-6,9-10,16H,7-8H2,1-4H3. The number of nitrogens with one attached hydrogen (secondary N) is 1. The molecule has 1 fully saturated rings. The van der Waals surface area contributed by atoms with Gasteiger partial charge in [-0.3, -0.25) is 0 Å². The van der Waals surface area contributed by atoms with E-state index >= 15 is 0 Å². The summed E-state index contributed by atoms with van der Waals surface area (Å²) in [6.45, 7) is 4.93. The van der Waals surface area contributed by atoms with Gasteiger partial charge in [-0.05, 0) is 35.8 Å². The highest BCUT2D eigenvalue weighted by atomic mass is 79.9. The fraction of sp³-hybridized carbons (Fsp3) is 0.571. The maximum atomic E-state index is 13.0. The molecule has 0 aliphatic carbocycles. The average molecular weight is 393 g/mol. The molecule has 0 saturated carbocycles. The first-order valence-corrected chi connectivity index (χ1v) is 9.21. The maximum absolute atomic E-state index is 13.0. The molecule has 8 heteroatoms. The highest BCUT2D eigenvalue weighted by molar-refractivity contribution is 9.10. The molecule has 1 saturated heterocycles. The minimum atomic E-state index is -3.62. The Bertz CT molecular complexity index is 650. The van der Waals surface area contributed by atoms with Gasteiger partial charge in [0.2, 0.25) is 10.0 Å². The van der Waals surface area contributed by atoms with E-state index in [0.29, 0.717) is 29.1 Å². The molecular weight excluding hydrogens is 372 g/mol. The summed E-state index contributed by atoms with van der Waals surface area (Å²) in [5.41, 5.74) is 0. The number of methoxy groups -OCH3 is 2. The fourth-order valence-corrected chi connectivity index (χ4v) is 5.20. The van der Waals surface area contributed by atoms with Crippen LogP contribution in [0.5, 0.6) is 11.5 Å². The third kappa shape index (κ3) is 3.24. The molecule has 124 valence electrons. The Kier molecular flexibility index (Phi) is 5.37.